The minimum Gasteiger partial charge on any atom is -0.321 e. The maximum atomic E-state index is 13.0. The highest BCUT2D eigenvalue weighted by atomic mass is 35.5. The Balaban J connectivity index is 2.20. The fraction of sp³-hybridized carbons (Fsp3) is 0. The normalized spacial score (nSPS) is 10.8. The van der Waals surface area contributed by atoms with Gasteiger partial charge in [0.25, 0.3) is 5.91 Å². The molecule has 2 aromatic carbocycles. The van der Waals surface area contributed by atoms with Crippen molar-refractivity contribution >= 4 is 29.3 Å². The predicted octanol–water partition coefficient (Wildman–Crippen LogP) is 4.02. The Hall–Kier alpha value is -2.64. The summed E-state index contributed by atoms with van der Waals surface area (Å²) >= 11 is 5.63. The first-order chi connectivity index (χ1) is 10.1. The summed E-state index contributed by atoms with van der Waals surface area (Å²) < 4.78 is 13.0. The first-order valence-electron chi connectivity index (χ1n) is 6.03. The molecule has 0 bridgehead atoms. The Morgan fingerprint density at radius 2 is 1.95 bits per heavy atom. The Morgan fingerprint density at radius 1 is 1.24 bits per heavy atom. The van der Waals surface area contributed by atoms with Crippen LogP contribution in [0.4, 0.5) is 10.1 Å². The van der Waals surface area contributed by atoms with Crippen molar-refractivity contribution in [2.24, 2.45) is 0 Å². The highest BCUT2D eigenvalue weighted by Crippen LogP contribution is 2.20. The summed E-state index contributed by atoms with van der Waals surface area (Å²) in [7, 11) is 0. The first-order valence-corrected chi connectivity index (χ1v) is 6.41. The first kappa shape index (κ1) is 14.8. The molecule has 1 amide bonds. The van der Waals surface area contributed by atoms with Crippen LogP contribution in [0.3, 0.4) is 0 Å². The van der Waals surface area contributed by atoms with Crippen LogP contribution < -0.4 is 5.32 Å². The maximum absolute atomic E-state index is 13.0. The van der Waals surface area contributed by atoms with Gasteiger partial charge in [-0.15, -0.1) is 0 Å². The molecule has 2 rings (SSSR count). The third kappa shape index (κ3) is 3.91. The van der Waals surface area contributed by atoms with Crippen LogP contribution in [0.1, 0.15) is 5.56 Å². The number of hydrogen-bond donors (Lipinski definition) is 1. The van der Waals surface area contributed by atoms with Crippen molar-refractivity contribution in [2.75, 3.05) is 5.32 Å². The lowest BCUT2D eigenvalue weighted by molar-refractivity contribution is -0.112. The molecule has 3 nitrogen and oxygen atoms in total. The standard InChI is InChI=1S/C16H10ClFN2O/c17-14-9-13(6-7-15(14)18)20-16(21)12(10-19)8-11-4-2-1-3-5-11/h1-9H,(H,20,21)/b12-8+. The molecule has 0 fully saturated rings. The van der Waals surface area contributed by atoms with Crippen molar-refractivity contribution in [3.05, 3.63) is 70.5 Å². The lowest BCUT2D eigenvalue weighted by Gasteiger charge is -2.05. The van der Waals surface area contributed by atoms with Gasteiger partial charge in [-0.2, -0.15) is 5.26 Å². The van der Waals surface area contributed by atoms with Crippen molar-refractivity contribution in [2.45, 2.75) is 0 Å². The van der Waals surface area contributed by atoms with Crippen LogP contribution in [0, 0.1) is 17.1 Å². The summed E-state index contributed by atoms with van der Waals surface area (Å²) in [6.45, 7) is 0. The number of hydrogen-bond acceptors (Lipinski definition) is 2. The van der Waals surface area contributed by atoms with Crippen LogP contribution in [-0.4, -0.2) is 5.91 Å². The number of benzene rings is 2. The van der Waals surface area contributed by atoms with E-state index in [2.05, 4.69) is 5.32 Å². The molecule has 0 aliphatic rings. The summed E-state index contributed by atoms with van der Waals surface area (Å²) in [6, 6.07) is 14.6. The minimum atomic E-state index is -0.580. The highest BCUT2D eigenvalue weighted by Gasteiger charge is 2.10. The SMILES string of the molecule is N#C/C(=C\c1ccccc1)C(=O)Nc1ccc(F)c(Cl)c1. The Bertz CT molecular complexity index is 736. The summed E-state index contributed by atoms with van der Waals surface area (Å²) in [5, 5.41) is 11.5. The molecule has 104 valence electrons. The predicted molar refractivity (Wildman–Crippen MR) is 80.1 cm³/mol. The lowest BCUT2D eigenvalue weighted by Crippen LogP contribution is -2.13. The van der Waals surface area contributed by atoms with Gasteiger partial charge in [0.15, 0.2) is 0 Å². The smallest absolute Gasteiger partial charge is 0.266 e. The van der Waals surface area contributed by atoms with Gasteiger partial charge in [-0.25, -0.2) is 4.39 Å². The molecule has 0 saturated carbocycles. The molecule has 1 N–H and O–H groups in total. The summed E-state index contributed by atoms with van der Waals surface area (Å²) in [5.74, 6) is -1.15. The Morgan fingerprint density at radius 3 is 2.57 bits per heavy atom. The van der Waals surface area contributed by atoms with Gasteiger partial charge in [0.1, 0.15) is 17.5 Å². The number of anilines is 1. The zero-order valence-corrected chi connectivity index (χ0v) is 11.6. The van der Waals surface area contributed by atoms with Gasteiger partial charge in [-0.05, 0) is 29.8 Å². The molecule has 21 heavy (non-hydrogen) atoms. The van der Waals surface area contributed by atoms with Crippen molar-refractivity contribution in [3.8, 4) is 6.07 Å². The van der Waals surface area contributed by atoms with E-state index in [4.69, 9.17) is 16.9 Å². The van der Waals surface area contributed by atoms with Crippen LogP contribution in [0.15, 0.2) is 54.1 Å². The zero-order valence-electron chi connectivity index (χ0n) is 10.8. The molecule has 0 aromatic heterocycles. The molecule has 0 saturated heterocycles. The Labute approximate surface area is 126 Å². The zero-order chi connectivity index (χ0) is 15.2. The molecule has 0 unspecified atom stereocenters. The topological polar surface area (TPSA) is 52.9 Å². The number of nitrogens with zero attached hydrogens (tertiary/aromatic N) is 1. The van der Waals surface area contributed by atoms with Gasteiger partial charge in [-0.3, -0.25) is 4.79 Å². The van der Waals surface area contributed by atoms with E-state index >= 15 is 0 Å². The van der Waals surface area contributed by atoms with Gasteiger partial charge >= 0.3 is 0 Å². The number of nitriles is 1. The van der Waals surface area contributed by atoms with Crippen molar-refractivity contribution in [1.29, 1.82) is 5.26 Å². The molecular weight excluding hydrogens is 291 g/mol. The van der Waals surface area contributed by atoms with E-state index in [1.165, 1.54) is 18.2 Å². The number of carbonyl (C=O) groups excluding carboxylic acids is 1. The van der Waals surface area contributed by atoms with E-state index in [9.17, 15) is 9.18 Å². The van der Waals surface area contributed by atoms with E-state index in [1.54, 1.807) is 24.3 Å². The molecule has 0 radical (unpaired) electrons. The third-order valence-electron chi connectivity index (χ3n) is 2.65. The van der Waals surface area contributed by atoms with Crippen molar-refractivity contribution in [3.63, 3.8) is 0 Å². The Kier molecular flexibility index (Phi) is 4.70. The maximum Gasteiger partial charge on any atom is 0.266 e. The van der Waals surface area contributed by atoms with E-state index in [0.717, 1.165) is 11.6 Å². The van der Waals surface area contributed by atoms with Crippen LogP contribution in [0.25, 0.3) is 6.08 Å². The molecular formula is C16H10ClFN2O. The van der Waals surface area contributed by atoms with Crippen LogP contribution in [0.5, 0.6) is 0 Å². The number of amides is 1. The van der Waals surface area contributed by atoms with E-state index < -0.39 is 11.7 Å². The fourth-order valence-electron chi connectivity index (χ4n) is 1.64. The molecule has 0 atom stereocenters. The van der Waals surface area contributed by atoms with Crippen LogP contribution in [-0.2, 0) is 4.79 Å². The summed E-state index contributed by atoms with van der Waals surface area (Å²) in [4.78, 5) is 12.0. The highest BCUT2D eigenvalue weighted by molar-refractivity contribution is 6.31. The average molecular weight is 301 g/mol. The van der Waals surface area contributed by atoms with Crippen LogP contribution in [0.2, 0.25) is 5.02 Å². The molecule has 0 aliphatic heterocycles. The van der Waals surface area contributed by atoms with Gasteiger partial charge < -0.3 is 5.32 Å². The van der Waals surface area contributed by atoms with Gasteiger partial charge in [0.05, 0.1) is 5.02 Å². The quantitative estimate of drug-likeness (QED) is 0.687. The monoisotopic (exact) mass is 300 g/mol. The van der Waals surface area contributed by atoms with Gasteiger partial charge in [0.2, 0.25) is 0 Å². The van der Waals surface area contributed by atoms with Crippen molar-refractivity contribution < 1.29 is 9.18 Å². The van der Waals surface area contributed by atoms with Crippen LogP contribution >= 0.6 is 11.6 Å². The third-order valence-corrected chi connectivity index (χ3v) is 2.94. The average Bonchev–Trinajstić information content (AvgIpc) is 2.49. The fourth-order valence-corrected chi connectivity index (χ4v) is 1.82. The molecule has 0 heterocycles. The van der Waals surface area contributed by atoms with Crippen molar-refractivity contribution in [1.82, 2.24) is 0 Å². The molecule has 0 aliphatic carbocycles. The van der Waals surface area contributed by atoms with E-state index in [-0.39, 0.29) is 10.6 Å². The van der Waals surface area contributed by atoms with E-state index in [0.29, 0.717) is 5.69 Å². The number of carbonyl (C=O) groups is 1. The van der Waals surface area contributed by atoms with Gasteiger partial charge in [-0.1, -0.05) is 41.9 Å². The number of nitrogens with one attached hydrogen (secondary N) is 1. The second kappa shape index (κ2) is 6.69. The molecule has 5 heteroatoms. The molecule has 2 aromatic rings. The van der Waals surface area contributed by atoms with Gasteiger partial charge in [0, 0.05) is 5.69 Å². The summed E-state index contributed by atoms with van der Waals surface area (Å²) in [6.07, 6.45) is 1.47. The largest absolute Gasteiger partial charge is 0.321 e. The van der Waals surface area contributed by atoms with E-state index in [1.807, 2.05) is 12.1 Å². The molecule has 0 spiro atoms. The second-order valence-electron chi connectivity index (χ2n) is 4.16. The summed E-state index contributed by atoms with van der Waals surface area (Å²) in [5.41, 5.74) is 1.00. The minimum absolute atomic E-state index is 0.0540. The number of halogens is 2. The second-order valence-corrected chi connectivity index (χ2v) is 4.57. The number of rotatable bonds is 3. The lowest BCUT2D eigenvalue weighted by atomic mass is 10.1.